The number of carbonyl (C=O) groups excluding carboxylic acids is 2. The van der Waals surface area contributed by atoms with Crippen LogP contribution in [0.25, 0.3) is 16.9 Å². The van der Waals surface area contributed by atoms with Crippen LogP contribution in [0.4, 0.5) is 25.1 Å². The SMILES string of the molecule is COc1ccc(-n2nc(-c3ccccc3)cc2NC(=O)CN(CC(C)C)C(=O)Nc2ccc(F)c(F)c2)cc1. The molecule has 0 aliphatic rings. The first-order valence-corrected chi connectivity index (χ1v) is 12.3. The van der Waals surface area contributed by atoms with Crippen molar-refractivity contribution in [2.24, 2.45) is 5.92 Å². The summed E-state index contributed by atoms with van der Waals surface area (Å²) in [4.78, 5) is 27.5. The summed E-state index contributed by atoms with van der Waals surface area (Å²) in [5.41, 5.74) is 2.30. The maximum absolute atomic E-state index is 13.6. The van der Waals surface area contributed by atoms with Gasteiger partial charge in [-0.05, 0) is 42.3 Å². The number of urea groups is 1. The van der Waals surface area contributed by atoms with Crippen LogP contribution in [-0.2, 0) is 4.79 Å². The Labute approximate surface area is 225 Å². The van der Waals surface area contributed by atoms with E-state index in [0.717, 1.165) is 17.7 Å². The number of hydrogen-bond donors (Lipinski definition) is 2. The summed E-state index contributed by atoms with van der Waals surface area (Å²) in [5, 5.41) is 10.1. The number of nitrogens with zero attached hydrogens (tertiary/aromatic N) is 3. The Morgan fingerprint density at radius 2 is 1.67 bits per heavy atom. The molecule has 202 valence electrons. The second-order valence-corrected chi connectivity index (χ2v) is 9.27. The van der Waals surface area contributed by atoms with Crippen molar-refractivity contribution in [2.75, 3.05) is 30.8 Å². The van der Waals surface area contributed by atoms with Gasteiger partial charge in [-0.15, -0.1) is 0 Å². The fourth-order valence-corrected chi connectivity index (χ4v) is 3.93. The van der Waals surface area contributed by atoms with Gasteiger partial charge in [0.05, 0.1) is 18.5 Å². The molecule has 0 saturated heterocycles. The number of benzene rings is 3. The number of methoxy groups -OCH3 is 1. The molecule has 4 aromatic rings. The van der Waals surface area contributed by atoms with Crippen molar-refractivity contribution in [1.29, 1.82) is 0 Å². The number of amides is 3. The highest BCUT2D eigenvalue weighted by molar-refractivity contribution is 5.97. The fourth-order valence-electron chi connectivity index (χ4n) is 3.93. The lowest BCUT2D eigenvalue weighted by Gasteiger charge is -2.24. The molecule has 0 spiro atoms. The molecular formula is C29H29F2N5O3. The summed E-state index contributed by atoms with van der Waals surface area (Å²) < 4.78 is 33.8. The molecule has 2 N–H and O–H groups in total. The highest BCUT2D eigenvalue weighted by atomic mass is 19.2. The van der Waals surface area contributed by atoms with Gasteiger partial charge in [-0.25, -0.2) is 18.3 Å². The highest BCUT2D eigenvalue weighted by Gasteiger charge is 2.21. The average molecular weight is 534 g/mol. The van der Waals surface area contributed by atoms with E-state index in [2.05, 4.69) is 10.6 Å². The summed E-state index contributed by atoms with van der Waals surface area (Å²) in [5.74, 6) is -1.42. The predicted molar refractivity (Wildman–Crippen MR) is 146 cm³/mol. The van der Waals surface area contributed by atoms with E-state index in [9.17, 15) is 18.4 Å². The van der Waals surface area contributed by atoms with Gasteiger partial charge in [-0.2, -0.15) is 5.10 Å². The van der Waals surface area contributed by atoms with Crippen molar-refractivity contribution >= 4 is 23.4 Å². The van der Waals surface area contributed by atoms with Crippen molar-refractivity contribution in [1.82, 2.24) is 14.7 Å². The first kappa shape index (κ1) is 27.3. The zero-order chi connectivity index (χ0) is 27.9. The number of hydrogen-bond acceptors (Lipinski definition) is 4. The largest absolute Gasteiger partial charge is 0.497 e. The zero-order valence-electron chi connectivity index (χ0n) is 21.8. The van der Waals surface area contributed by atoms with Crippen LogP contribution in [0.3, 0.4) is 0 Å². The van der Waals surface area contributed by atoms with E-state index < -0.39 is 23.6 Å². The van der Waals surface area contributed by atoms with Gasteiger partial charge in [-0.3, -0.25) is 4.79 Å². The van der Waals surface area contributed by atoms with Gasteiger partial charge in [0.1, 0.15) is 18.1 Å². The third kappa shape index (κ3) is 6.98. The molecule has 3 aromatic carbocycles. The molecule has 0 saturated carbocycles. The predicted octanol–water partition coefficient (Wildman–Crippen LogP) is 5.95. The normalized spacial score (nSPS) is 10.8. The summed E-state index contributed by atoms with van der Waals surface area (Å²) in [6.45, 7) is 3.79. The summed E-state index contributed by atoms with van der Waals surface area (Å²) in [6.07, 6.45) is 0. The maximum Gasteiger partial charge on any atom is 0.322 e. The van der Waals surface area contributed by atoms with Crippen LogP contribution in [0.2, 0.25) is 0 Å². The Kier molecular flexibility index (Phi) is 8.55. The number of rotatable bonds is 9. The lowest BCUT2D eigenvalue weighted by atomic mass is 10.1. The van der Waals surface area contributed by atoms with Crippen molar-refractivity contribution < 1.29 is 23.1 Å². The van der Waals surface area contributed by atoms with Gasteiger partial charge in [0.2, 0.25) is 5.91 Å². The Morgan fingerprint density at radius 3 is 2.31 bits per heavy atom. The third-order valence-corrected chi connectivity index (χ3v) is 5.74. The molecule has 1 aromatic heterocycles. The molecule has 8 nitrogen and oxygen atoms in total. The number of ether oxygens (including phenoxy) is 1. The van der Waals surface area contributed by atoms with Gasteiger partial charge >= 0.3 is 6.03 Å². The molecule has 0 unspecified atom stereocenters. The van der Waals surface area contributed by atoms with E-state index in [0.29, 0.717) is 22.9 Å². The summed E-state index contributed by atoms with van der Waals surface area (Å²) in [6, 6.07) is 21.0. The van der Waals surface area contributed by atoms with Crippen molar-refractivity contribution in [3.8, 4) is 22.7 Å². The van der Waals surface area contributed by atoms with Crippen LogP contribution in [0, 0.1) is 17.6 Å². The lowest BCUT2D eigenvalue weighted by Crippen LogP contribution is -2.42. The van der Waals surface area contributed by atoms with E-state index >= 15 is 0 Å². The Hall–Kier alpha value is -4.73. The topological polar surface area (TPSA) is 88.5 Å². The van der Waals surface area contributed by atoms with Gasteiger partial charge in [0.15, 0.2) is 11.6 Å². The van der Waals surface area contributed by atoms with Crippen LogP contribution in [0.1, 0.15) is 13.8 Å². The number of anilines is 2. The standard InChI is InChI=1S/C29H29F2N5O3/c1-19(2)17-35(29(38)32-21-9-14-24(30)25(31)15-21)18-28(37)33-27-16-26(20-7-5-4-6-8-20)34-36(27)22-10-12-23(39-3)13-11-22/h4-16,19H,17-18H2,1-3H3,(H,32,38)(H,33,37). The minimum absolute atomic E-state index is 0.0445. The number of aromatic nitrogens is 2. The van der Waals surface area contributed by atoms with Crippen LogP contribution in [-0.4, -0.2) is 46.8 Å². The Bertz CT molecular complexity index is 1440. The third-order valence-electron chi connectivity index (χ3n) is 5.74. The molecule has 10 heteroatoms. The molecule has 0 atom stereocenters. The molecule has 1 heterocycles. The van der Waals surface area contributed by atoms with E-state index in [-0.39, 0.29) is 24.7 Å². The average Bonchev–Trinajstić information content (AvgIpc) is 3.34. The Morgan fingerprint density at radius 1 is 0.949 bits per heavy atom. The lowest BCUT2D eigenvalue weighted by molar-refractivity contribution is -0.116. The van der Waals surface area contributed by atoms with E-state index in [1.54, 1.807) is 30.0 Å². The van der Waals surface area contributed by atoms with Crippen LogP contribution in [0.15, 0.2) is 78.9 Å². The van der Waals surface area contributed by atoms with Crippen LogP contribution >= 0.6 is 0 Å². The van der Waals surface area contributed by atoms with E-state index in [1.807, 2.05) is 56.3 Å². The van der Waals surface area contributed by atoms with Gasteiger partial charge in [0.25, 0.3) is 0 Å². The van der Waals surface area contributed by atoms with Crippen molar-refractivity contribution in [3.63, 3.8) is 0 Å². The van der Waals surface area contributed by atoms with E-state index in [4.69, 9.17) is 9.84 Å². The van der Waals surface area contributed by atoms with E-state index in [1.165, 1.54) is 11.0 Å². The molecular weight excluding hydrogens is 504 g/mol. The first-order valence-electron chi connectivity index (χ1n) is 12.3. The fraction of sp³-hybridized carbons (Fsp3) is 0.207. The van der Waals surface area contributed by atoms with Crippen molar-refractivity contribution in [3.05, 3.63) is 90.5 Å². The first-order chi connectivity index (χ1) is 18.7. The quantitative estimate of drug-likeness (QED) is 0.278. The molecule has 4 rings (SSSR count). The van der Waals surface area contributed by atoms with Gasteiger partial charge in [-0.1, -0.05) is 44.2 Å². The molecule has 0 radical (unpaired) electrons. The smallest absolute Gasteiger partial charge is 0.322 e. The van der Waals surface area contributed by atoms with Gasteiger partial charge in [0, 0.05) is 29.9 Å². The zero-order valence-corrected chi connectivity index (χ0v) is 21.8. The van der Waals surface area contributed by atoms with Crippen molar-refractivity contribution in [2.45, 2.75) is 13.8 Å². The monoisotopic (exact) mass is 533 g/mol. The van der Waals surface area contributed by atoms with Crippen LogP contribution in [0.5, 0.6) is 5.75 Å². The molecule has 3 amide bonds. The molecule has 39 heavy (non-hydrogen) atoms. The number of halogens is 2. The number of nitrogens with one attached hydrogen (secondary N) is 2. The second-order valence-electron chi connectivity index (χ2n) is 9.27. The maximum atomic E-state index is 13.6. The molecule has 0 aliphatic heterocycles. The van der Waals surface area contributed by atoms with Gasteiger partial charge < -0.3 is 20.3 Å². The molecule has 0 aliphatic carbocycles. The minimum atomic E-state index is -1.08. The summed E-state index contributed by atoms with van der Waals surface area (Å²) in [7, 11) is 1.58. The second kappa shape index (κ2) is 12.2. The number of carbonyl (C=O) groups is 2. The minimum Gasteiger partial charge on any atom is -0.497 e. The highest BCUT2D eigenvalue weighted by Crippen LogP contribution is 2.26. The molecule has 0 bridgehead atoms. The summed E-state index contributed by atoms with van der Waals surface area (Å²) >= 11 is 0. The molecule has 0 fully saturated rings. The van der Waals surface area contributed by atoms with Crippen LogP contribution < -0.4 is 15.4 Å². The Balaban J connectivity index is 1.56.